The topological polar surface area (TPSA) is 70.9 Å². The Bertz CT molecular complexity index is 1350. The van der Waals surface area contributed by atoms with Gasteiger partial charge in [-0.3, -0.25) is 4.68 Å². The summed E-state index contributed by atoms with van der Waals surface area (Å²) in [6.07, 6.45) is 6.69. The lowest BCUT2D eigenvalue weighted by Crippen LogP contribution is -2.00. The third kappa shape index (κ3) is 4.48. The van der Waals surface area contributed by atoms with E-state index in [0.29, 0.717) is 6.45 Å². The van der Waals surface area contributed by atoms with Crippen molar-refractivity contribution in [2.45, 2.75) is 19.9 Å². The molecule has 5 aromatic rings. The first-order valence-corrected chi connectivity index (χ1v) is 14.3. The lowest BCUT2D eigenvalue weighted by atomic mass is 10.2. The van der Waals surface area contributed by atoms with Crippen molar-refractivity contribution in [3.05, 3.63) is 72.7 Å². The van der Waals surface area contributed by atoms with E-state index in [9.17, 15) is 0 Å². The van der Waals surface area contributed by atoms with Gasteiger partial charge in [0.1, 0.15) is 11.3 Å². The van der Waals surface area contributed by atoms with Gasteiger partial charge in [0.15, 0.2) is 11.4 Å². The standard InChI is InChI=1S/C23H21IN5O2P/c1-16-12-22(29-10-8-19(27-29)17-6-3-2-4-7-17)26-20-13-21(31-23(16)20)18-14-25-28(15-18)9-5-11-30-32-24/h2-4,6-8,10,12-15,32H,5,9,11H2,1H3. The van der Waals surface area contributed by atoms with Gasteiger partial charge in [-0.2, -0.15) is 10.2 Å². The summed E-state index contributed by atoms with van der Waals surface area (Å²) in [5, 5.41) is 9.16. The second kappa shape index (κ2) is 9.52. The minimum atomic E-state index is 0.495. The Morgan fingerprint density at radius 3 is 2.84 bits per heavy atom. The second-order valence-electron chi connectivity index (χ2n) is 7.41. The Morgan fingerprint density at radius 2 is 2.00 bits per heavy atom. The molecule has 0 amide bonds. The highest BCUT2D eigenvalue weighted by atomic mass is 127. The van der Waals surface area contributed by atoms with E-state index in [1.165, 1.54) is 0 Å². The van der Waals surface area contributed by atoms with Crippen molar-refractivity contribution in [1.82, 2.24) is 24.5 Å². The van der Waals surface area contributed by atoms with Gasteiger partial charge < -0.3 is 8.94 Å². The quantitative estimate of drug-likeness (QED) is 0.129. The highest BCUT2D eigenvalue weighted by molar-refractivity contribution is 14.2. The Hall–Kier alpha value is -2.55. The average Bonchev–Trinajstić information content (AvgIpc) is 3.56. The highest BCUT2D eigenvalue weighted by Crippen LogP contribution is 2.30. The van der Waals surface area contributed by atoms with Gasteiger partial charge in [-0.1, -0.05) is 30.3 Å². The second-order valence-corrected chi connectivity index (χ2v) is 9.17. The van der Waals surface area contributed by atoms with Gasteiger partial charge >= 0.3 is 0 Å². The molecule has 4 aromatic heterocycles. The van der Waals surface area contributed by atoms with Crippen LogP contribution in [0, 0.1) is 6.92 Å². The molecule has 0 radical (unpaired) electrons. The van der Waals surface area contributed by atoms with Gasteiger partial charge in [0.2, 0.25) is 0 Å². The normalized spacial score (nSPS) is 11.8. The van der Waals surface area contributed by atoms with Crippen molar-refractivity contribution in [2.75, 3.05) is 6.61 Å². The van der Waals surface area contributed by atoms with Crippen LogP contribution in [-0.2, 0) is 11.1 Å². The van der Waals surface area contributed by atoms with E-state index in [1.54, 1.807) is 4.68 Å². The van der Waals surface area contributed by atoms with Crippen LogP contribution in [0.3, 0.4) is 0 Å². The van der Waals surface area contributed by atoms with Crippen molar-refractivity contribution in [2.24, 2.45) is 0 Å². The van der Waals surface area contributed by atoms with Crippen LogP contribution in [0.1, 0.15) is 12.0 Å². The molecular weight excluding hydrogens is 536 g/mol. The van der Waals surface area contributed by atoms with Crippen molar-refractivity contribution in [3.8, 4) is 28.4 Å². The summed E-state index contributed by atoms with van der Waals surface area (Å²) in [4.78, 5) is 4.80. The summed E-state index contributed by atoms with van der Waals surface area (Å²) < 4.78 is 15.3. The van der Waals surface area contributed by atoms with Crippen LogP contribution in [0.15, 0.2) is 71.5 Å². The fourth-order valence-corrected chi connectivity index (χ4v) is 4.47. The number of benzene rings is 1. The first kappa shape index (κ1) is 21.3. The highest BCUT2D eigenvalue weighted by Gasteiger charge is 2.14. The van der Waals surface area contributed by atoms with Crippen molar-refractivity contribution in [1.29, 1.82) is 0 Å². The molecular formula is C23H21IN5O2P. The number of aryl methyl sites for hydroxylation is 2. The first-order valence-electron chi connectivity index (χ1n) is 10.2. The minimum Gasteiger partial charge on any atom is -0.454 e. The third-order valence-corrected chi connectivity index (χ3v) is 6.40. The summed E-state index contributed by atoms with van der Waals surface area (Å²) in [7, 11) is 0. The zero-order valence-corrected chi connectivity index (χ0v) is 20.6. The number of aromatic nitrogens is 5. The first-order chi connectivity index (χ1) is 15.7. The van der Waals surface area contributed by atoms with Gasteiger partial charge in [0.05, 0.1) is 30.5 Å². The molecule has 0 fully saturated rings. The van der Waals surface area contributed by atoms with E-state index in [0.717, 1.165) is 64.6 Å². The Labute approximate surface area is 200 Å². The molecule has 9 heteroatoms. The largest absolute Gasteiger partial charge is 0.454 e. The smallest absolute Gasteiger partial charge is 0.156 e. The number of halogens is 1. The third-order valence-electron chi connectivity index (χ3n) is 5.15. The summed E-state index contributed by atoms with van der Waals surface area (Å²) in [6.45, 7) is 4.08. The molecule has 0 bridgehead atoms. The van der Waals surface area contributed by atoms with Crippen LogP contribution < -0.4 is 0 Å². The molecule has 32 heavy (non-hydrogen) atoms. The van der Waals surface area contributed by atoms with Gasteiger partial charge in [0, 0.05) is 30.6 Å². The monoisotopic (exact) mass is 557 g/mol. The molecule has 5 rings (SSSR count). The lowest BCUT2D eigenvalue weighted by Gasteiger charge is -2.03. The number of hydrogen-bond donors (Lipinski definition) is 0. The van der Waals surface area contributed by atoms with E-state index < -0.39 is 0 Å². The fourth-order valence-electron chi connectivity index (χ4n) is 3.59. The van der Waals surface area contributed by atoms with Crippen LogP contribution >= 0.6 is 28.5 Å². The molecule has 0 aliphatic heterocycles. The van der Waals surface area contributed by atoms with Crippen LogP contribution in [0.2, 0.25) is 0 Å². The summed E-state index contributed by atoms with van der Waals surface area (Å²) in [5.74, 6) is 1.52. The number of rotatable bonds is 8. The molecule has 0 N–H and O–H groups in total. The minimum absolute atomic E-state index is 0.495. The fraction of sp³-hybridized carbons (Fsp3) is 0.174. The zero-order chi connectivity index (χ0) is 21.9. The molecule has 0 spiro atoms. The maximum absolute atomic E-state index is 6.14. The van der Waals surface area contributed by atoms with E-state index in [4.69, 9.17) is 19.0 Å². The van der Waals surface area contributed by atoms with Gasteiger partial charge in [-0.05, 0) is 53.1 Å². The van der Waals surface area contributed by atoms with Crippen LogP contribution in [0.5, 0.6) is 0 Å². The van der Waals surface area contributed by atoms with E-state index in [1.807, 2.05) is 78.7 Å². The molecule has 1 atom stereocenters. The molecule has 4 heterocycles. The maximum atomic E-state index is 6.14. The van der Waals surface area contributed by atoms with Crippen LogP contribution in [0.4, 0.5) is 0 Å². The van der Waals surface area contributed by atoms with E-state index in [-0.39, 0.29) is 0 Å². The van der Waals surface area contributed by atoms with Crippen LogP contribution in [-0.4, -0.2) is 31.2 Å². The molecule has 1 aromatic carbocycles. The Kier molecular flexibility index (Phi) is 6.34. The summed E-state index contributed by atoms with van der Waals surface area (Å²) in [6, 6.07) is 16.1. The molecule has 162 valence electrons. The van der Waals surface area contributed by atoms with Crippen molar-refractivity contribution in [3.63, 3.8) is 0 Å². The summed E-state index contributed by atoms with van der Waals surface area (Å²) >= 11 is 2.23. The predicted molar refractivity (Wildman–Crippen MR) is 135 cm³/mol. The Balaban J connectivity index is 1.41. The molecule has 0 saturated heterocycles. The predicted octanol–water partition coefficient (Wildman–Crippen LogP) is 6.20. The van der Waals surface area contributed by atoms with E-state index in [2.05, 4.69) is 27.1 Å². The van der Waals surface area contributed by atoms with Crippen molar-refractivity contribution < 1.29 is 8.94 Å². The molecule has 0 aliphatic carbocycles. The number of hydrogen-bond acceptors (Lipinski definition) is 5. The van der Waals surface area contributed by atoms with Gasteiger partial charge in [-0.15, -0.1) is 0 Å². The van der Waals surface area contributed by atoms with Crippen molar-refractivity contribution >= 4 is 39.6 Å². The SMILES string of the molecule is Cc1cc(-n2ccc(-c3ccccc3)n2)nc2cc(-c3cnn(CCCOPI)c3)oc12. The lowest BCUT2D eigenvalue weighted by molar-refractivity contribution is 0.343. The summed E-state index contributed by atoms with van der Waals surface area (Å²) in [5.41, 5.74) is 5.52. The van der Waals surface area contributed by atoms with Gasteiger partial charge in [-0.25, -0.2) is 9.67 Å². The maximum Gasteiger partial charge on any atom is 0.156 e. The number of furan rings is 1. The van der Waals surface area contributed by atoms with Crippen LogP contribution in [0.25, 0.3) is 39.5 Å². The molecule has 1 unspecified atom stereocenters. The molecule has 0 aliphatic rings. The molecule has 0 saturated carbocycles. The van der Waals surface area contributed by atoms with E-state index >= 15 is 0 Å². The number of fused-ring (bicyclic) bond motifs is 1. The number of pyridine rings is 1. The Morgan fingerprint density at radius 1 is 1.12 bits per heavy atom. The molecule has 7 nitrogen and oxygen atoms in total. The van der Waals surface area contributed by atoms with Gasteiger partial charge in [0.25, 0.3) is 0 Å². The zero-order valence-electron chi connectivity index (χ0n) is 17.4. The average molecular weight is 557 g/mol. The number of nitrogens with zero attached hydrogens (tertiary/aromatic N) is 5.